The van der Waals surface area contributed by atoms with Gasteiger partial charge < -0.3 is 10.7 Å². The minimum Gasteiger partial charge on any atom is -0.366 e. The van der Waals surface area contributed by atoms with Gasteiger partial charge in [-0.1, -0.05) is 66.2 Å². The van der Waals surface area contributed by atoms with Crippen LogP contribution in [0, 0.1) is 6.92 Å². The molecule has 0 aliphatic heterocycles. The van der Waals surface area contributed by atoms with Crippen LogP contribution in [-0.4, -0.2) is 20.4 Å². The van der Waals surface area contributed by atoms with Gasteiger partial charge in [-0.25, -0.2) is 9.36 Å². The third kappa shape index (κ3) is 4.09. The molecule has 0 radical (unpaired) electrons. The van der Waals surface area contributed by atoms with Crippen LogP contribution >= 0.6 is 11.6 Å². The molecule has 1 amide bonds. The van der Waals surface area contributed by atoms with Gasteiger partial charge in [0.1, 0.15) is 0 Å². The van der Waals surface area contributed by atoms with E-state index in [-0.39, 0.29) is 0 Å². The van der Waals surface area contributed by atoms with Crippen molar-refractivity contribution in [3.8, 4) is 27.9 Å². The first kappa shape index (κ1) is 24.3. The average Bonchev–Trinajstić information content (AvgIpc) is 2.92. The molecule has 0 spiro atoms. The second-order valence-electron chi connectivity index (χ2n) is 9.27. The lowest BCUT2D eigenvalue weighted by Gasteiger charge is -2.15. The second-order valence-corrected chi connectivity index (χ2v) is 9.67. The van der Waals surface area contributed by atoms with Crippen molar-refractivity contribution in [1.82, 2.24) is 14.5 Å². The summed E-state index contributed by atoms with van der Waals surface area (Å²) in [6, 6.07) is 23.7. The van der Waals surface area contributed by atoms with Crippen molar-refractivity contribution in [2.45, 2.75) is 6.92 Å². The molecule has 0 aliphatic carbocycles. The normalized spacial score (nSPS) is 11.2. The van der Waals surface area contributed by atoms with Crippen LogP contribution in [0.4, 0.5) is 0 Å². The van der Waals surface area contributed by atoms with Crippen molar-refractivity contribution < 1.29 is 4.79 Å². The number of nitrogens with one attached hydrogen (secondary N) is 1. The molecule has 4 aromatic carbocycles. The molecule has 6 aromatic rings. The van der Waals surface area contributed by atoms with Crippen LogP contribution in [0.5, 0.6) is 0 Å². The van der Waals surface area contributed by atoms with E-state index in [1.54, 1.807) is 30.5 Å². The Labute approximate surface area is 227 Å². The summed E-state index contributed by atoms with van der Waals surface area (Å²) in [5.41, 5.74) is 9.59. The topological polar surface area (TPSA) is 111 Å². The number of aryl methyl sites for hydroxylation is 1. The lowest BCUT2D eigenvalue weighted by molar-refractivity contribution is 0.0999. The fourth-order valence-corrected chi connectivity index (χ4v) is 5.32. The van der Waals surface area contributed by atoms with Gasteiger partial charge in [-0.15, -0.1) is 0 Å². The Morgan fingerprint density at radius 1 is 0.897 bits per heavy atom. The number of hydrogen-bond donors (Lipinski definition) is 2. The minimum absolute atomic E-state index is 0.349. The number of amides is 1. The van der Waals surface area contributed by atoms with Gasteiger partial charge in [-0.05, 0) is 53.4 Å². The van der Waals surface area contributed by atoms with Gasteiger partial charge in [0.15, 0.2) is 0 Å². The molecule has 0 aliphatic rings. The summed E-state index contributed by atoms with van der Waals surface area (Å²) < 4.78 is 1.11. The molecular formula is C31H21ClN4O3. The number of aromatic nitrogens is 3. The number of nitrogens with zero attached hydrogens (tertiary/aromatic N) is 2. The van der Waals surface area contributed by atoms with Gasteiger partial charge in [-0.2, -0.15) is 0 Å². The van der Waals surface area contributed by atoms with Crippen LogP contribution in [0.25, 0.3) is 49.6 Å². The fraction of sp³-hybridized carbons (Fsp3) is 0.0323. The number of carbonyl (C=O) groups excluding carboxylic acids is 1. The molecule has 0 saturated carbocycles. The Bertz CT molecular complexity index is 2070. The van der Waals surface area contributed by atoms with Crippen molar-refractivity contribution in [3.63, 3.8) is 0 Å². The molecule has 2 heterocycles. The molecular weight excluding hydrogens is 512 g/mol. The third-order valence-electron chi connectivity index (χ3n) is 6.89. The lowest BCUT2D eigenvalue weighted by atomic mass is 9.92. The fourth-order valence-electron chi connectivity index (χ4n) is 5.04. The van der Waals surface area contributed by atoms with Gasteiger partial charge in [-0.3, -0.25) is 14.6 Å². The van der Waals surface area contributed by atoms with Gasteiger partial charge >= 0.3 is 5.69 Å². The quantitative estimate of drug-likeness (QED) is 0.307. The van der Waals surface area contributed by atoms with Crippen LogP contribution in [0.3, 0.4) is 0 Å². The van der Waals surface area contributed by atoms with E-state index in [2.05, 4.69) is 9.97 Å². The molecule has 3 N–H and O–H groups in total. The van der Waals surface area contributed by atoms with E-state index < -0.39 is 17.2 Å². The maximum atomic E-state index is 13.6. The molecule has 39 heavy (non-hydrogen) atoms. The zero-order valence-corrected chi connectivity index (χ0v) is 21.5. The number of nitrogens with two attached hydrogens (primary N) is 1. The average molecular weight is 533 g/mol. The smallest absolute Gasteiger partial charge is 0.333 e. The first-order valence-corrected chi connectivity index (χ1v) is 12.5. The zero-order valence-electron chi connectivity index (χ0n) is 20.7. The van der Waals surface area contributed by atoms with E-state index in [0.29, 0.717) is 27.2 Å². The van der Waals surface area contributed by atoms with E-state index in [4.69, 9.17) is 17.3 Å². The molecule has 7 nitrogen and oxygen atoms in total. The number of rotatable bonds is 4. The number of halogens is 1. The van der Waals surface area contributed by atoms with Crippen LogP contribution in [0.15, 0.2) is 101 Å². The monoisotopic (exact) mass is 532 g/mol. The van der Waals surface area contributed by atoms with Crippen molar-refractivity contribution in [2.24, 2.45) is 5.73 Å². The molecule has 8 heteroatoms. The highest BCUT2D eigenvalue weighted by molar-refractivity contribution is 6.34. The molecule has 2 aromatic heterocycles. The Hall–Kier alpha value is -5.01. The summed E-state index contributed by atoms with van der Waals surface area (Å²) >= 11 is 6.69. The van der Waals surface area contributed by atoms with Gasteiger partial charge in [0, 0.05) is 33.1 Å². The summed E-state index contributed by atoms with van der Waals surface area (Å²) in [6.45, 7) is 1.82. The maximum absolute atomic E-state index is 13.6. The molecule has 190 valence electrons. The number of carbonyl (C=O) groups is 1. The minimum atomic E-state index is -0.570. The van der Waals surface area contributed by atoms with Crippen LogP contribution in [0.1, 0.15) is 15.9 Å². The summed E-state index contributed by atoms with van der Waals surface area (Å²) in [5, 5.41) is 2.42. The molecule has 0 atom stereocenters. The van der Waals surface area contributed by atoms with Gasteiger partial charge in [0.25, 0.3) is 5.56 Å². The summed E-state index contributed by atoms with van der Waals surface area (Å²) in [6.07, 6.45) is 3.20. The van der Waals surface area contributed by atoms with Gasteiger partial charge in [0.2, 0.25) is 5.91 Å². The van der Waals surface area contributed by atoms with E-state index in [0.717, 1.165) is 43.2 Å². The third-order valence-corrected chi connectivity index (χ3v) is 7.21. The zero-order chi connectivity index (χ0) is 27.3. The Morgan fingerprint density at radius 3 is 2.49 bits per heavy atom. The Kier molecular flexibility index (Phi) is 5.85. The van der Waals surface area contributed by atoms with E-state index in [9.17, 15) is 14.4 Å². The second kappa shape index (κ2) is 9.38. The first-order chi connectivity index (χ1) is 18.8. The van der Waals surface area contributed by atoms with Gasteiger partial charge in [0.05, 0.1) is 22.8 Å². The van der Waals surface area contributed by atoms with E-state index in [1.807, 2.05) is 61.5 Å². The maximum Gasteiger partial charge on any atom is 0.333 e. The summed E-state index contributed by atoms with van der Waals surface area (Å²) in [7, 11) is 0. The summed E-state index contributed by atoms with van der Waals surface area (Å²) in [4.78, 5) is 45.6. The Balaban J connectivity index is 1.53. The number of H-pyrrole nitrogens is 1. The molecule has 0 bridgehead atoms. The number of aromatic amines is 1. The first-order valence-electron chi connectivity index (χ1n) is 12.2. The molecule has 6 rings (SSSR count). The number of fused-ring (bicyclic) bond motifs is 2. The van der Waals surface area contributed by atoms with Crippen LogP contribution in [0.2, 0.25) is 5.02 Å². The Morgan fingerprint density at radius 2 is 1.69 bits per heavy atom. The molecule has 0 unspecified atom stereocenters. The SMILES string of the molecule is Cc1cc(-c2cccc(Cl)c2-c2ccc3c(=O)n(-c4cncc5ccccc45)c(=O)[nH]c3c2)ccc1C(N)=O. The van der Waals surface area contributed by atoms with Crippen molar-refractivity contribution in [3.05, 3.63) is 128 Å². The highest BCUT2D eigenvalue weighted by Crippen LogP contribution is 2.38. The predicted molar refractivity (Wildman–Crippen MR) is 155 cm³/mol. The standard InChI is InChI=1S/C31H21ClN4O3/c1-17-13-18(9-11-21(17)29(33)37)23-7-4-8-25(32)28(23)19-10-12-24-26(14-19)35-31(39)36(30(24)38)27-16-34-15-20-5-2-3-6-22(20)27/h2-16H,1H3,(H2,33,37)(H,35,39). The van der Waals surface area contributed by atoms with E-state index in [1.165, 1.54) is 6.20 Å². The number of pyridine rings is 1. The largest absolute Gasteiger partial charge is 0.366 e. The van der Waals surface area contributed by atoms with Crippen molar-refractivity contribution in [1.29, 1.82) is 0 Å². The van der Waals surface area contributed by atoms with Crippen molar-refractivity contribution >= 4 is 39.2 Å². The lowest BCUT2D eigenvalue weighted by Crippen LogP contribution is -2.33. The molecule has 0 saturated heterocycles. The molecule has 0 fully saturated rings. The highest BCUT2D eigenvalue weighted by Gasteiger charge is 2.17. The van der Waals surface area contributed by atoms with Crippen molar-refractivity contribution in [2.75, 3.05) is 0 Å². The number of hydrogen-bond acceptors (Lipinski definition) is 4. The number of primary amides is 1. The van der Waals surface area contributed by atoms with Crippen LogP contribution < -0.4 is 17.0 Å². The number of benzene rings is 4. The predicted octanol–water partition coefficient (Wildman–Crippen LogP) is 5.62. The highest BCUT2D eigenvalue weighted by atomic mass is 35.5. The van der Waals surface area contributed by atoms with Crippen LogP contribution in [-0.2, 0) is 0 Å². The van der Waals surface area contributed by atoms with E-state index >= 15 is 0 Å². The summed E-state index contributed by atoms with van der Waals surface area (Å²) in [5.74, 6) is -0.492.